The number of fused-ring (bicyclic) bond motifs is 10. The minimum atomic E-state index is -1.38. The molecule has 12 heteroatoms. The lowest BCUT2D eigenvalue weighted by molar-refractivity contribution is -0.197. The van der Waals surface area contributed by atoms with Gasteiger partial charge in [0.05, 0.1) is 37.1 Å². The van der Waals surface area contributed by atoms with Crippen LogP contribution in [-0.2, 0) is 42.9 Å². The molecule has 5 aliphatic carbocycles. The average Bonchev–Trinajstić information content (AvgIpc) is 4.01. The number of methoxy groups -OCH3 is 2. The zero-order valence-electron chi connectivity index (χ0n) is 33.7. The Morgan fingerprint density at radius 1 is 0.804 bits per heavy atom. The highest BCUT2D eigenvalue weighted by Gasteiger charge is 2.77. The van der Waals surface area contributed by atoms with Crippen molar-refractivity contribution < 1.29 is 48.0 Å². The Hall–Kier alpha value is -2.83. The van der Waals surface area contributed by atoms with Gasteiger partial charge in [0.25, 0.3) is 0 Å². The Balaban J connectivity index is 1.05. The van der Waals surface area contributed by atoms with Gasteiger partial charge in [0.15, 0.2) is 0 Å². The predicted octanol–water partition coefficient (Wildman–Crippen LogP) is 4.11. The molecule has 9 fully saturated rings. The number of allylic oxidation sites excluding steroid dienone is 1. The number of carbonyl (C=O) groups is 5. The fourth-order valence-electron chi connectivity index (χ4n) is 14.9. The molecule has 4 unspecified atom stereocenters. The zero-order valence-corrected chi connectivity index (χ0v) is 33.7. The first-order valence-corrected chi connectivity index (χ1v) is 21.7. The molecule has 308 valence electrons. The van der Waals surface area contributed by atoms with Crippen molar-refractivity contribution in [3.8, 4) is 0 Å². The van der Waals surface area contributed by atoms with Gasteiger partial charge in [-0.2, -0.15) is 0 Å². The highest BCUT2D eigenvalue weighted by atomic mass is 16.6. The van der Waals surface area contributed by atoms with Crippen molar-refractivity contribution in [2.75, 3.05) is 40.4 Å². The number of hydrogen-bond donors (Lipinski definition) is 1. The second-order valence-electron chi connectivity index (χ2n) is 20.0. The van der Waals surface area contributed by atoms with Crippen molar-refractivity contribution in [3.05, 3.63) is 12.2 Å². The number of esters is 4. The van der Waals surface area contributed by atoms with Crippen LogP contribution in [0.25, 0.3) is 0 Å². The summed E-state index contributed by atoms with van der Waals surface area (Å²) in [5, 5.41) is 13.7. The summed E-state index contributed by atoms with van der Waals surface area (Å²) in [4.78, 5) is 72.6. The van der Waals surface area contributed by atoms with Crippen molar-refractivity contribution >= 4 is 29.7 Å². The fraction of sp³-hybridized carbons (Fsp3) is 0.841. The largest absolute Gasteiger partial charge is 0.468 e. The third-order valence-corrected chi connectivity index (χ3v) is 17.5. The topological polar surface area (TPSA) is 149 Å². The van der Waals surface area contributed by atoms with E-state index in [1.165, 1.54) is 14.2 Å². The van der Waals surface area contributed by atoms with E-state index in [1.54, 1.807) is 0 Å². The summed E-state index contributed by atoms with van der Waals surface area (Å²) in [6.45, 7) is 11.4. The number of hydrogen-bond acceptors (Lipinski definition) is 12. The number of rotatable bonds is 6. The van der Waals surface area contributed by atoms with E-state index in [2.05, 4.69) is 30.2 Å². The summed E-state index contributed by atoms with van der Waals surface area (Å²) in [6.07, 6.45) is 8.07. The Bertz CT molecular complexity index is 1680. The van der Waals surface area contributed by atoms with Gasteiger partial charge in [0, 0.05) is 43.2 Å². The number of nitrogens with zero attached hydrogens (tertiary/aromatic N) is 2. The van der Waals surface area contributed by atoms with Crippen LogP contribution in [0.1, 0.15) is 97.3 Å². The molecule has 1 N–H and O–H groups in total. The second-order valence-corrected chi connectivity index (χ2v) is 20.0. The number of Topliss-reactive ketones (excluding diaryl/α,β-unsaturated/α-hetero) is 1. The lowest BCUT2D eigenvalue weighted by Crippen LogP contribution is -2.63. The van der Waals surface area contributed by atoms with Crippen LogP contribution in [-0.4, -0.2) is 115 Å². The quantitative estimate of drug-likeness (QED) is 0.235. The van der Waals surface area contributed by atoms with Crippen molar-refractivity contribution in [3.63, 3.8) is 0 Å². The summed E-state index contributed by atoms with van der Waals surface area (Å²) in [5.41, 5.74) is -1.64. The first kappa shape index (κ1) is 38.7. The van der Waals surface area contributed by atoms with Gasteiger partial charge in [-0.3, -0.25) is 33.8 Å². The van der Waals surface area contributed by atoms with E-state index in [1.807, 2.05) is 0 Å². The maximum atomic E-state index is 15.1. The maximum Gasteiger partial charge on any atom is 0.323 e. The molecular weight excluding hydrogens is 716 g/mol. The monoisotopic (exact) mass is 778 g/mol. The van der Waals surface area contributed by atoms with Gasteiger partial charge >= 0.3 is 23.9 Å². The van der Waals surface area contributed by atoms with Crippen LogP contribution < -0.4 is 0 Å². The van der Waals surface area contributed by atoms with Crippen LogP contribution in [0.3, 0.4) is 0 Å². The molecule has 15 atom stereocenters. The molecule has 1 spiro atoms. The van der Waals surface area contributed by atoms with Crippen molar-refractivity contribution in [2.45, 2.75) is 127 Å². The molecule has 4 aliphatic heterocycles. The van der Waals surface area contributed by atoms with Crippen LogP contribution in [0.15, 0.2) is 12.2 Å². The lowest BCUT2D eigenvalue weighted by Gasteiger charge is -2.55. The van der Waals surface area contributed by atoms with Gasteiger partial charge in [0.2, 0.25) is 0 Å². The van der Waals surface area contributed by atoms with Crippen LogP contribution in [0.5, 0.6) is 0 Å². The molecule has 0 amide bonds. The lowest BCUT2D eigenvalue weighted by atomic mass is 9.50. The molecule has 0 aromatic carbocycles. The van der Waals surface area contributed by atoms with E-state index >= 15 is 4.79 Å². The molecule has 0 bridgehead atoms. The Morgan fingerprint density at radius 3 is 2.00 bits per heavy atom. The fourth-order valence-corrected chi connectivity index (χ4v) is 14.9. The van der Waals surface area contributed by atoms with Crippen molar-refractivity contribution in [1.29, 1.82) is 0 Å². The molecule has 56 heavy (non-hydrogen) atoms. The second kappa shape index (κ2) is 13.9. The first-order chi connectivity index (χ1) is 26.8. The van der Waals surface area contributed by atoms with Crippen molar-refractivity contribution in [2.24, 2.45) is 64.1 Å². The third-order valence-electron chi connectivity index (χ3n) is 17.5. The molecule has 9 aliphatic rings. The molecular formula is C44H62N2O10. The molecule has 4 heterocycles. The Morgan fingerprint density at radius 2 is 1.39 bits per heavy atom. The third kappa shape index (κ3) is 5.49. The summed E-state index contributed by atoms with van der Waals surface area (Å²) < 4.78 is 23.2. The predicted molar refractivity (Wildman–Crippen MR) is 201 cm³/mol. The van der Waals surface area contributed by atoms with Gasteiger partial charge in [-0.1, -0.05) is 32.4 Å². The van der Waals surface area contributed by atoms with Crippen molar-refractivity contribution in [1.82, 2.24) is 9.80 Å². The number of ketones is 1. The SMILES string of the molecule is C=C1CC[C@H]2C(CN3CCCC3C(=O)OC)C(=O)O[C@@H]2[C@H]2[C@H]3CCC[C@]4(C(=O)C[C@@H]5[C@H]4[C@H]4OC(=O)C(CN6CCCC6C(=O)OC)[C@@H]4CCC5(C)C)[C@@]3(O)C[C@@H]12. The Labute approximate surface area is 330 Å². The first-order valence-electron chi connectivity index (χ1n) is 21.7. The van der Waals surface area contributed by atoms with Gasteiger partial charge in [-0.15, -0.1) is 0 Å². The van der Waals surface area contributed by atoms with E-state index in [-0.39, 0.29) is 88.6 Å². The van der Waals surface area contributed by atoms with E-state index in [0.29, 0.717) is 58.2 Å². The molecule has 12 nitrogen and oxygen atoms in total. The van der Waals surface area contributed by atoms with Crippen LogP contribution >= 0.6 is 0 Å². The summed E-state index contributed by atoms with van der Waals surface area (Å²) >= 11 is 0. The molecule has 9 rings (SSSR count). The number of aliphatic hydroxyl groups is 1. The Kier molecular flexibility index (Phi) is 9.59. The van der Waals surface area contributed by atoms with Gasteiger partial charge in [-0.05, 0) is 107 Å². The minimum absolute atomic E-state index is 0.0628. The van der Waals surface area contributed by atoms with E-state index in [4.69, 9.17) is 18.9 Å². The number of likely N-dealkylation sites (tertiary alicyclic amines) is 2. The maximum absolute atomic E-state index is 15.1. The normalized spacial score (nSPS) is 47.0. The van der Waals surface area contributed by atoms with Crippen LogP contribution in [0, 0.1) is 64.1 Å². The standard InChI is InChI=1S/C44H62N2O10/c1-23-12-13-24-27(21-45-17-7-10-31(45)40(50)53-4)38(48)55-36(24)34-26(23)20-44(52)29(34)9-6-15-43(44)33(47)19-30-35(43)37-25(14-16-42(30,2)3)28(39(49)56-37)22-46-18-8-11-32(46)41(51)54-5/h24-32,34-37,52H,1,6-22H2,2-5H3/t24-,25-,26-,27?,28?,29+,30+,31?,32?,34+,35-,36-,37-,43+,44+/m0/s1. The van der Waals surface area contributed by atoms with Gasteiger partial charge < -0.3 is 24.1 Å². The van der Waals surface area contributed by atoms with Crippen LogP contribution in [0.2, 0.25) is 0 Å². The summed E-state index contributed by atoms with van der Waals surface area (Å²) in [5.74, 6) is -2.95. The smallest absolute Gasteiger partial charge is 0.323 e. The highest BCUT2D eigenvalue weighted by molar-refractivity contribution is 5.90. The molecule has 4 saturated heterocycles. The van der Waals surface area contributed by atoms with E-state index in [0.717, 1.165) is 57.1 Å². The molecule has 0 aromatic rings. The summed E-state index contributed by atoms with van der Waals surface area (Å²) in [7, 11) is 2.82. The number of carbonyl (C=O) groups excluding carboxylic acids is 5. The van der Waals surface area contributed by atoms with Crippen LogP contribution in [0.4, 0.5) is 0 Å². The number of ether oxygens (including phenoxy) is 4. The van der Waals surface area contributed by atoms with E-state index in [9.17, 15) is 24.3 Å². The van der Waals surface area contributed by atoms with E-state index < -0.39 is 35.1 Å². The summed E-state index contributed by atoms with van der Waals surface area (Å²) in [6, 6.07) is -0.740. The zero-order chi connectivity index (χ0) is 39.5. The molecule has 0 aromatic heterocycles. The van der Waals surface area contributed by atoms with Gasteiger partial charge in [0.1, 0.15) is 30.1 Å². The minimum Gasteiger partial charge on any atom is -0.468 e. The molecule has 5 saturated carbocycles. The molecule has 0 radical (unpaired) electrons. The highest BCUT2D eigenvalue weighted by Crippen LogP contribution is 2.72. The average molecular weight is 779 g/mol. The van der Waals surface area contributed by atoms with Gasteiger partial charge in [-0.25, -0.2) is 0 Å².